The van der Waals surface area contributed by atoms with Gasteiger partial charge in [0.15, 0.2) is 12.2 Å². The number of carbonyl (C=O) groups excluding carboxylic acids is 4. The van der Waals surface area contributed by atoms with Crippen molar-refractivity contribution in [3.05, 3.63) is 24.3 Å². The van der Waals surface area contributed by atoms with Gasteiger partial charge in [0.2, 0.25) is 0 Å². The maximum atomic E-state index is 13.0. The van der Waals surface area contributed by atoms with Crippen LogP contribution in [-0.2, 0) is 65.4 Å². The van der Waals surface area contributed by atoms with Gasteiger partial charge in [-0.1, -0.05) is 272 Å². The van der Waals surface area contributed by atoms with E-state index in [1.54, 1.807) is 0 Å². The molecule has 3 N–H and O–H groups in total. The highest BCUT2D eigenvalue weighted by molar-refractivity contribution is 7.47. The van der Waals surface area contributed by atoms with Gasteiger partial charge in [0, 0.05) is 25.7 Å². The fourth-order valence-electron chi connectivity index (χ4n) is 10.0. The summed E-state index contributed by atoms with van der Waals surface area (Å²) in [6, 6.07) is 0. The van der Waals surface area contributed by atoms with Gasteiger partial charge in [-0.2, -0.15) is 0 Å². The van der Waals surface area contributed by atoms with Gasteiger partial charge in [-0.05, 0) is 69.1 Å². The summed E-state index contributed by atoms with van der Waals surface area (Å²) in [4.78, 5) is 72.5. The molecule has 17 nitrogen and oxygen atoms in total. The number of hydrogen-bond acceptors (Lipinski definition) is 15. The first kappa shape index (κ1) is 86.5. The van der Waals surface area contributed by atoms with Gasteiger partial charge in [-0.25, -0.2) is 9.13 Å². The molecule has 0 saturated heterocycles. The molecule has 0 fully saturated rings. The van der Waals surface area contributed by atoms with E-state index in [0.29, 0.717) is 31.6 Å². The summed E-state index contributed by atoms with van der Waals surface area (Å²) < 4.78 is 68.2. The summed E-state index contributed by atoms with van der Waals surface area (Å²) >= 11 is 0. The molecule has 0 radical (unpaired) electrons. The molecule has 0 rings (SSSR count). The lowest BCUT2D eigenvalue weighted by atomic mass is 10.0. The second kappa shape index (κ2) is 60.5. The van der Waals surface area contributed by atoms with E-state index in [-0.39, 0.29) is 25.7 Å². The zero-order valence-corrected chi connectivity index (χ0v) is 59.2. The first-order chi connectivity index (χ1) is 42.7. The third kappa shape index (κ3) is 64.1. The molecule has 0 bridgehead atoms. The summed E-state index contributed by atoms with van der Waals surface area (Å²) in [5, 5.41) is 10.6. The molecule has 19 heteroatoms. The van der Waals surface area contributed by atoms with E-state index in [0.717, 1.165) is 121 Å². The lowest BCUT2D eigenvalue weighted by Crippen LogP contribution is -2.30. The van der Waals surface area contributed by atoms with Crippen molar-refractivity contribution in [2.75, 3.05) is 39.6 Å². The average molecular weight is 1310 g/mol. The predicted octanol–water partition coefficient (Wildman–Crippen LogP) is 19.4. The normalized spacial score (nSPS) is 14.4. The highest BCUT2D eigenvalue weighted by atomic mass is 31.2. The molecule has 0 aromatic rings. The van der Waals surface area contributed by atoms with Gasteiger partial charge in [0.05, 0.1) is 26.4 Å². The van der Waals surface area contributed by atoms with Gasteiger partial charge in [0.1, 0.15) is 19.3 Å². The van der Waals surface area contributed by atoms with Crippen LogP contribution in [0.25, 0.3) is 0 Å². The molecule has 89 heavy (non-hydrogen) atoms. The van der Waals surface area contributed by atoms with Gasteiger partial charge in [-0.15, -0.1) is 0 Å². The minimum atomic E-state index is -4.96. The summed E-state index contributed by atoms with van der Waals surface area (Å²) in [6.07, 6.45) is 46.8. The Morgan fingerprint density at radius 1 is 0.348 bits per heavy atom. The van der Waals surface area contributed by atoms with Crippen molar-refractivity contribution in [1.82, 2.24) is 0 Å². The number of rotatable bonds is 66. The van der Waals surface area contributed by atoms with Crippen molar-refractivity contribution in [2.24, 2.45) is 17.8 Å². The van der Waals surface area contributed by atoms with Crippen LogP contribution in [0.15, 0.2) is 24.3 Å². The molecular weight excluding hydrogens is 1170 g/mol. The number of carbonyl (C=O) groups is 4. The van der Waals surface area contributed by atoms with Crippen LogP contribution < -0.4 is 0 Å². The van der Waals surface area contributed by atoms with Crippen LogP contribution in [0.2, 0.25) is 0 Å². The maximum absolute atomic E-state index is 13.0. The maximum Gasteiger partial charge on any atom is 0.472 e. The van der Waals surface area contributed by atoms with Crippen LogP contribution in [-0.4, -0.2) is 96.7 Å². The van der Waals surface area contributed by atoms with Crippen LogP contribution >= 0.6 is 15.6 Å². The Bertz CT molecular complexity index is 1840. The molecule has 0 aliphatic carbocycles. The Balaban J connectivity index is 5.28. The Morgan fingerprint density at radius 2 is 0.607 bits per heavy atom. The molecule has 0 aliphatic rings. The van der Waals surface area contributed by atoms with Gasteiger partial charge in [-0.3, -0.25) is 37.3 Å². The Morgan fingerprint density at radius 3 is 0.910 bits per heavy atom. The van der Waals surface area contributed by atoms with Crippen molar-refractivity contribution in [1.29, 1.82) is 0 Å². The van der Waals surface area contributed by atoms with E-state index < -0.39 is 97.5 Å². The number of hydrogen-bond donors (Lipinski definition) is 3. The molecule has 524 valence electrons. The zero-order valence-electron chi connectivity index (χ0n) is 57.4. The standard InChI is InChI=1S/C70H132O17P2/c1-8-9-10-11-12-13-14-15-16-17-20-23-30-39-46-53-69(74)87-66(58-81-68(73)52-45-38-33-32-36-43-50-63(6)7)60-85-89(78,79)83-56-64(71)55-82-88(76,77)84-59-65(57-80-67(72)51-44-37-29-26-25-28-35-42-49-62(4)5)86-70(75)54-47-40-31-24-21-18-19-22-27-34-41-48-61(2)3/h13-16,61-66,71H,8-12,17-60H2,1-7H3,(H,76,77)(H,78,79)/b14-13-,16-15-/t64?,65-,66-/m1/s1. The van der Waals surface area contributed by atoms with Crippen molar-refractivity contribution < 1.29 is 80.2 Å². The quantitative estimate of drug-likeness (QED) is 0.0169. The fourth-order valence-corrected chi connectivity index (χ4v) is 11.6. The third-order valence-corrected chi connectivity index (χ3v) is 17.4. The van der Waals surface area contributed by atoms with Crippen LogP contribution in [0.1, 0.15) is 325 Å². The topological polar surface area (TPSA) is 237 Å². The summed E-state index contributed by atoms with van der Waals surface area (Å²) in [5.74, 6) is 0.00449. The number of aliphatic hydroxyl groups excluding tert-OH is 1. The van der Waals surface area contributed by atoms with Crippen LogP contribution in [0.5, 0.6) is 0 Å². The molecule has 0 spiro atoms. The van der Waals surface area contributed by atoms with E-state index in [1.807, 2.05) is 0 Å². The number of allylic oxidation sites excluding steroid dienone is 4. The molecule has 0 aromatic carbocycles. The Labute approximate surface area is 542 Å². The lowest BCUT2D eigenvalue weighted by molar-refractivity contribution is -0.161. The SMILES string of the molecule is CCCCCC/C=C\C=C/CCCCCCCC(=O)O[C@H](COC(=O)CCCCCCCCC(C)C)COP(=O)(O)OCC(O)COP(=O)(O)OC[C@@H](COC(=O)CCCCCCCCCCC(C)C)OC(=O)CCCCCCCCCCCCCC(C)C. The van der Waals surface area contributed by atoms with Crippen molar-refractivity contribution in [2.45, 2.75) is 343 Å². The third-order valence-electron chi connectivity index (χ3n) is 15.5. The van der Waals surface area contributed by atoms with Gasteiger partial charge >= 0.3 is 39.5 Å². The Hall–Kier alpha value is -2.46. The number of phosphoric ester groups is 2. The minimum absolute atomic E-state index is 0.0834. The van der Waals surface area contributed by atoms with Crippen molar-refractivity contribution in [3.63, 3.8) is 0 Å². The number of ether oxygens (including phenoxy) is 4. The van der Waals surface area contributed by atoms with Crippen LogP contribution in [0.3, 0.4) is 0 Å². The van der Waals surface area contributed by atoms with Crippen LogP contribution in [0, 0.1) is 17.8 Å². The summed E-state index contributed by atoms with van der Waals surface area (Å²) in [7, 11) is -9.91. The first-order valence-corrected chi connectivity index (χ1v) is 38.7. The number of esters is 4. The molecule has 0 saturated carbocycles. The fraction of sp³-hybridized carbons (Fsp3) is 0.886. The molecule has 0 amide bonds. The second-order valence-corrected chi connectivity index (χ2v) is 28.9. The van der Waals surface area contributed by atoms with Crippen molar-refractivity contribution in [3.8, 4) is 0 Å². The molecule has 0 aromatic heterocycles. The molecule has 5 atom stereocenters. The van der Waals surface area contributed by atoms with Crippen LogP contribution in [0.4, 0.5) is 0 Å². The average Bonchev–Trinajstić information content (AvgIpc) is 3.70. The second-order valence-electron chi connectivity index (χ2n) is 26.0. The highest BCUT2D eigenvalue weighted by Crippen LogP contribution is 2.45. The van der Waals surface area contributed by atoms with Gasteiger partial charge < -0.3 is 33.8 Å². The van der Waals surface area contributed by atoms with Gasteiger partial charge in [0.25, 0.3) is 0 Å². The summed E-state index contributed by atoms with van der Waals surface area (Å²) in [6.45, 7) is 11.7. The number of unbranched alkanes of at least 4 members (excludes halogenated alkanes) is 31. The molecule has 0 heterocycles. The molecular formula is C70H132O17P2. The summed E-state index contributed by atoms with van der Waals surface area (Å²) in [5.41, 5.74) is 0. The monoisotopic (exact) mass is 1310 g/mol. The van der Waals surface area contributed by atoms with E-state index in [2.05, 4.69) is 72.8 Å². The molecule has 3 unspecified atom stereocenters. The van der Waals surface area contributed by atoms with Crippen molar-refractivity contribution >= 4 is 39.5 Å². The largest absolute Gasteiger partial charge is 0.472 e. The van der Waals surface area contributed by atoms with E-state index in [4.69, 9.17) is 37.0 Å². The lowest BCUT2D eigenvalue weighted by Gasteiger charge is -2.21. The van der Waals surface area contributed by atoms with E-state index in [1.165, 1.54) is 116 Å². The number of aliphatic hydroxyl groups is 1. The Kier molecular flexibility index (Phi) is 58.8. The zero-order chi connectivity index (χ0) is 65.9. The van der Waals surface area contributed by atoms with E-state index >= 15 is 0 Å². The smallest absolute Gasteiger partial charge is 0.462 e. The molecule has 0 aliphatic heterocycles. The minimum Gasteiger partial charge on any atom is -0.462 e. The number of phosphoric acid groups is 2. The predicted molar refractivity (Wildman–Crippen MR) is 358 cm³/mol. The highest BCUT2D eigenvalue weighted by Gasteiger charge is 2.30. The first-order valence-electron chi connectivity index (χ1n) is 35.7. The van der Waals surface area contributed by atoms with E-state index in [9.17, 15) is 43.2 Å².